The molecule has 0 N–H and O–H groups in total. The van der Waals surface area contributed by atoms with E-state index in [-0.39, 0.29) is 11.9 Å². The van der Waals surface area contributed by atoms with E-state index in [0.717, 1.165) is 25.8 Å². The molecule has 3 rings (SSSR count). The van der Waals surface area contributed by atoms with Gasteiger partial charge in [0, 0.05) is 18.8 Å². The molecule has 1 saturated heterocycles. The van der Waals surface area contributed by atoms with Crippen LogP contribution in [0.2, 0.25) is 0 Å². The number of likely N-dealkylation sites (tertiary alicyclic amines) is 1. The van der Waals surface area contributed by atoms with Gasteiger partial charge in [-0.1, -0.05) is 30.3 Å². The van der Waals surface area contributed by atoms with Crippen molar-refractivity contribution < 1.29 is 14.3 Å². The van der Waals surface area contributed by atoms with Gasteiger partial charge in [0.15, 0.2) is 0 Å². The van der Waals surface area contributed by atoms with E-state index < -0.39 is 5.97 Å². The molecule has 1 aromatic carbocycles. The first-order chi connectivity index (χ1) is 11.7. The number of amides is 1. The first-order valence-corrected chi connectivity index (χ1v) is 8.08. The third-order valence-electron chi connectivity index (χ3n) is 4.36. The minimum absolute atomic E-state index is 0.0788. The lowest BCUT2D eigenvalue weighted by atomic mass is 10.0. The maximum absolute atomic E-state index is 12.7. The van der Waals surface area contributed by atoms with E-state index in [1.54, 1.807) is 12.1 Å². The first-order valence-electron chi connectivity index (χ1n) is 8.08. The van der Waals surface area contributed by atoms with Gasteiger partial charge in [-0.15, -0.1) is 0 Å². The van der Waals surface area contributed by atoms with Crippen molar-refractivity contribution in [2.75, 3.05) is 13.7 Å². The van der Waals surface area contributed by atoms with Crippen molar-refractivity contribution in [2.45, 2.75) is 25.3 Å². The zero-order valence-electron chi connectivity index (χ0n) is 13.6. The summed E-state index contributed by atoms with van der Waals surface area (Å²) < 4.78 is 4.65. The Hall–Kier alpha value is -2.69. The van der Waals surface area contributed by atoms with Crippen LogP contribution in [0, 0.1) is 0 Å². The van der Waals surface area contributed by atoms with Crippen molar-refractivity contribution >= 4 is 11.9 Å². The Morgan fingerprint density at radius 1 is 1.21 bits per heavy atom. The summed E-state index contributed by atoms with van der Waals surface area (Å²) in [6.07, 6.45) is 4.25. The van der Waals surface area contributed by atoms with E-state index in [9.17, 15) is 9.59 Å². The molecule has 1 aliphatic rings. The Bertz CT molecular complexity index is 713. The molecule has 1 amide bonds. The zero-order chi connectivity index (χ0) is 16.9. The molecule has 0 bridgehead atoms. The highest BCUT2D eigenvalue weighted by atomic mass is 16.5. The van der Waals surface area contributed by atoms with E-state index in [4.69, 9.17) is 0 Å². The summed E-state index contributed by atoms with van der Waals surface area (Å²) >= 11 is 0. The Morgan fingerprint density at radius 2 is 2.00 bits per heavy atom. The minimum Gasteiger partial charge on any atom is -0.465 e. The maximum atomic E-state index is 12.7. The standard InChI is InChI=1S/C19H20N2O3/c1-24-19(23)15-9-10-17(20-13-15)18(22)21-11-5-8-16(21)12-14-6-3-2-4-7-14/h2-4,6-7,9-10,13,16H,5,8,11-12H2,1H3. The van der Waals surface area contributed by atoms with Crippen LogP contribution in [0.1, 0.15) is 39.3 Å². The molecule has 24 heavy (non-hydrogen) atoms. The third kappa shape index (κ3) is 3.45. The van der Waals surface area contributed by atoms with Gasteiger partial charge < -0.3 is 9.64 Å². The second-order valence-corrected chi connectivity index (χ2v) is 5.91. The van der Waals surface area contributed by atoms with Gasteiger partial charge in [0.25, 0.3) is 5.91 Å². The zero-order valence-corrected chi connectivity index (χ0v) is 13.6. The number of ether oxygens (including phenoxy) is 1. The number of benzene rings is 1. The number of esters is 1. The van der Waals surface area contributed by atoms with Crippen molar-refractivity contribution in [2.24, 2.45) is 0 Å². The topological polar surface area (TPSA) is 59.5 Å². The number of aromatic nitrogens is 1. The molecule has 1 atom stereocenters. The SMILES string of the molecule is COC(=O)c1ccc(C(=O)N2CCCC2Cc2ccccc2)nc1. The monoisotopic (exact) mass is 324 g/mol. The number of methoxy groups -OCH3 is 1. The third-order valence-corrected chi connectivity index (χ3v) is 4.36. The second kappa shape index (κ2) is 7.25. The molecule has 0 radical (unpaired) electrons. The second-order valence-electron chi connectivity index (χ2n) is 5.91. The summed E-state index contributed by atoms with van der Waals surface area (Å²) in [5.41, 5.74) is 1.94. The highest BCUT2D eigenvalue weighted by Crippen LogP contribution is 2.23. The molecule has 1 unspecified atom stereocenters. The van der Waals surface area contributed by atoms with Gasteiger partial charge in [0.1, 0.15) is 5.69 Å². The van der Waals surface area contributed by atoms with Crippen LogP contribution in [-0.2, 0) is 11.2 Å². The Morgan fingerprint density at radius 3 is 2.67 bits per heavy atom. The number of carbonyl (C=O) groups excluding carboxylic acids is 2. The van der Waals surface area contributed by atoms with Crippen LogP contribution in [-0.4, -0.2) is 41.5 Å². The molecular weight excluding hydrogens is 304 g/mol. The number of pyridine rings is 1. The average Bonchev–Trinajstić information content (AvgIpc) is 3.09. The van der Waals surface area contributed by atoms with Crippen LogP contribution in [0.25, 0.3) is 0 Å². The first kappa shape index (κ1) is 16.2. The van der Waals surface area contributed by atoms with Crippen molar-refractivity contribution in [1.82, 2.24) is 9.88 Å². The fraction of sp³-hybridized carbons (Fsp3) is 0.316. The molecule has 0 spiro atoms. The van der Waals surface area contributed by atoms with E-state index >= 15 is 0 Å². The highest BCUT2D eigenvalue weighted by molar-refractivity contribution is 5.94. The molecule has 124 valence electrons. The predicted molar refractivity (Wildman–Crippen MR) is 89.8 cm³/mol. The van der Waals surface area contributed by atoms with E-state index in [1.165, 1.54) is 18.9 Å². The van der Waals surface area contributed by atoms with Gasteiger partial charge in [-0.05, 0) is 37.0 Å². The lowest BCUT2D eigenvalue weighted by molar-refractivity contribution is 0.0598. The van der Waals surface area contributed by atoms with E-state index in [2.05, 4.69) is 21.9 Å². The maximum Gasteiger partial charge on any atom is 0.339 e. The van der Waals surface area contributed by atoms with Gasteiger partial charge in [-0.25, -0.2) is 4.79 Å². The summed E-state index contributed by atoms with van der Waals surface area (Å²) in [6, 6.07) is 13.6. The number of hydrogen-bond donors (Lipinski definition) is 0. The van der Waals surface area contributed by atoms with Gasteiger partial charge >= 0.3 is 5.97 Å². The van der Waals surface area contributed by atoms with Crippen molar-refractivity contribution in [3.63, 3.8) is 0 Å². The van der Waals surface area contributed by atoms with Crippen molar-refractivity contribution in [3.05, 3.63) is 65.5 Å². The summed E-state index contributed by atoms with van der Waals surface area (Å²) in [5.74, 6) is -0.533. The molecule has 2 heterocycles. The summed E-state index contributed by atoms with van der Waals surface area (Å²) in [4.78, 5) is 30.2. The largest absolute Gasteiger partial charge is 0.465 e. The average molecular weight is 324 g/mol. The highest BCUT2D eigenvalue weighted by Gasteiger charge is 2.30. The number of nitrogens with zero attached hydrogens (tertiary/aromatic N) is 2. The molecule has 5 nitrogen and oxygen atoms in total. The van der Waals surface area contributed by atoms with E-state index in [0.29, 0.717) is 11.3 Å². The molecule has 1 aliphatic heterocycles. The number of carbonyl (C=O) groups is 2. The molecule has 0 aliphatic carbocycles. The number of rotatable bonds is 4. The minimum atomic E-state index is -0.454. The Balaban J connectivity index is 1.72. The summed E-state index contributed by atoms with van der Waals surface area (Å²) in [6.45, 7) is 0.747. The molecule has 1 fully saturated rings. The smallest absolute Gasteiger partial charge is 0.339 e. The Kier molecular flexibility index (Phi) is 4.89. The quantitative estimate of drug-likeness (QED) is 0.811. The molecule has 2 aromatic rings. The van der Waals surface area contributed by atoms with Crippen LogP contribution < -0.4 is 0 Å². The molecule has 0 saturated carbocycles. The van der Waals surface area contributed by atoms with Crippen LogP contribution in [0.4, 0.5) is 0 Å². The van der Waals surface area contributed by atoms with Gasteiger partial charge in [0.2, 0.25) is 0 Å². The molecular formula is C19H20N2O3. The summed E-state index contributed by atoms with van der Waals surface area (Å²) in [7, 11) is 1.32. The van der Waals surface area contributed by atoms with Gasteiger partial charge in [-0.3, -0.25) is 9.78 Å². The van der Waals surface area contributed by atoms with E-state index in [1.807, 2.05) is 23.1 Å². The van der Waals surface area contributed by atoms with Crippen LogP contribution >= 0.6 is 0 Å². The molecule has 1 aromatic heterocycles. The van der Waals surface area contributed by atoms with Gasteiger partial charge in [-0.2, -0.15) is 0 Å². The van der Waals surface area contributed by atoms with Gasteiger partial charge in [0.05, 0.1) is 12.7 Å². The summed E-state index contributed by atoms with van der Waals surface area (Å²) in [5, 5.41) is 0. The fourth-order valence-corrected chi connectivity index (χ4v) is 3.11. The Labute approximate surface area is 141 Å². The van der Waals surface area contributed by atoms with Crippen LogP contribution in [0.15, 0.2) is 48.7 Å². The van der Waals surface area contributed by atoms with Crippen molar-refractivity contribution in [3.8, 4) is 0 Å². The van der Waals surface area contributed by atoms with Crippen LogP contribution in [0.5, 0.6) is 0 Å². The number of hydrogen-bond acceptors (Lipinski definition) is 4. The fourth-order valence-electron chi connectivity index (χ4n) is 3.11. The van der Waals surface area contributed by atoms with Crippen molar-refractivity contribution in [1.29, 1.82) is 0 Å². The lowest BCUT2D eigenvalue weighted by Gasteiger charge is -2.24. The van der Waals surface area contributed by atoms with Crippen LogP contribution in [0.3, 0.4) is 0 Å². The lowest BCUT2D eigenvalue weighted by Crippen LogP contribution is -2.37. The predicted octanol–water partition coefficient (Wildman–Crippen LogP) is 2.72. The molecule has 5 heteroatoms. The normalized spacial score (nSPS) is 16.9.